The molecular formula is C110H106N10O6. The van der Waals surface area contributed by atoms with Gasteiger partial charge in [-0.05, 0) is 304 Å². The SMILES string of the molecule is COc1ccc(N(C)c2ccc(N(c3ccc(C)cc3)c3ccc(C)cc3)cc2)cc1.COc1cccc(N(C)c2ccc(N(c3ccc(C)cc3)c3ccc(C)cc3)cc2)c1.Cc1ccc(N(c2ccc(C)cc2)c2ccc(N(C)c3ccc([N+](=O)[O-])cc3)cc2)cc1.Cc1ccc(N(c2ccc(C)cc2)c2ccc(N(C)c3cccc([N+](=O)[O-])c3)cc2)cc1. The molecule has 0 bridgehead atoms. The van der Waals surface area contributed by atoms with Crippen molar-refractivity contribution in [2.24, 2.45) is 0 Å². The second-order valence-corrected chi connectivity index (χ2v) is 31.3. The molecule has 16 nitrogen and oxygen atoms in total. The molecule has 0 fully saturated rings. The van der Waals surface area contributed by atoms with E-state index in [-0.39, 0.29) is 21.2 Å². The van der Waals surface area contributed by atoms with Crippen molar-refractivity contribution in [3.8, 4) is 11.5 Å². The summed E-state index contributed by atoms with van der Waals surface area (Å²) in [5, 5.41) is 22.0. The number of ether oxygens (including phenoxy) is 2. The van der Waals surface area contributed by atoms with E-state index in [2.05, 4.69) is 396 Å². The minimum Gasteiger partial charge on any atom is -0.497 e. The summed E-state index contributed by atoms with van der Waals surface area (Å²) in [5.74, 6) is 1.71. The molecule has 16 aromatic rings. The van der Waals surface area contributed by atoms with Gasteiger partial charge in [0.2, 0.25) is 0 Å². The zero-order valence-corrected chi connectivity index (χ0v) is 73.9. The first-order chi connectivity index (χ1) is 60.9. The summed E-state index contributed by atoms with van der Waals surface area (Å²) >= 11 is 0. The van der Waals surface area contributed by atoms with Gasteiger partial charge in [0.15, 0.2) is 0 Å². The van der Waals surface area contributed by atoms with Crippen molar-refractivity contribution >= 4 is 125 Å². The quantitative estimate of drug-likeness (QED) is 0.0420. The van der Waals surface area contributed by atoms with Crippen molar-refractivity contribution in [3.05, 3.63) is 453 Å². The fraction of sp³-hybridized carbons (Fsp3) is 0.127. The molecule has 632 valence electrons. The van der Waals surface area contributed by atoms with Crippen LogP contribution in [0.2, 0.25) is 0 Å². The third kappa shape index (κ3) is 22.3. The molecule has 126 heavy (non-hydrogen) atoms. The number of non-ortho nitro benzene ring substituents is 2. The van der Waals surface area contributed by atoms with E-state index in [0.29, 0.717) is 0 Å². The molecule has 0 amide bonds. The van der Waals surface area contributed by atoms with Crippen LogP contribution in [0, 0.1) is 75.6 Å². The number of nitro groups is 2. The van der Waals surface area contributed by atoms with Gasteiger partial charge in [-0.2, -0.15) is 0 Å². The van der Waals surface area contributed by atoms with Crippen molar-refractivity contribution in [1.82, 2.24) is 0 Å². The molecule has 0 atom stereocenters. The van der Waals surface area contributed by atoms with Gasteiger partial charge in [-0.3, -0.25) is 20.2 Å². The molecule has 16 rings (SSSR count). The Morgan fingerprint density at radius 2 is 0.365 bits per heavy atom. The highest BCUT2D eigenvalue weighted by Gasteiger charge is 2.21. The highest BCUT2D eigenvalue weighted by Crippen LogP contribution is 2.43. The number of nitro benzene ring substituents is 2. The van der Waals surface area contributed by atoms with Gasteiger partial charge in [0.05, 0.1) is 24.1 Å². The molecule has 0 saturated carbocycles. The topological polar surface area (TPSA) is 131 Å². The average molecular weight is 1660 g/mol. The Morgan fingerprint density at radius 1 is 0.190 bits per heavy atom. The van der Waals surface area contributed by atoms with Gasteiger partial charge in [-0.25, -0.2) is 0 Å². The summed E-state index contributed by atoms with van der Waals surface area (Å²) in [5.41, 5.74) is 31.3. The molecule has 16 aromatic carbocycles. The van der Waals surface area contributed by atoms with Crippen molar-refractivity contribution in [1.29, 1.82) is 0 Å². The van der Waals surface area contributed by atoms with Crippen LogP contribution in [0.15, 0.2) is 388 Å². The number of hydrogen-bond donors (Lipinski definition) is 0. The lowest BCUT2D eigenvalue weighted by Gasteiger charge is -2.27. The Kier molecular flexibility index (Phi) is 28.9. The lowest BCUT2D eigenvalue weighted by Crippen LogP contribution is -2.12. The predicted molar refractivity (Wildman–Crippen MR) is 527 cm³/mol. The van der Waals surface area contributed by atoms with Crippen LogP contribution in [-0.2, 0) is 0 Å². The van der Waals surface area contributed by atoms with Crippen LogP contribution in [0.5, 0.6) is 11.5 Å². The molecule has 0 unspecified atom stereocenters. The van der Waals surface area contributed by atoms with E-state index in [1.807, 2.05) is 72.4 Å². The molecule has 0 aliphatic rings. The van der Waals surface area contributed by atoms with E-state index < -0.39 is 0 Å². The maximum atomic E-state index is 11.1. The lowest BCUT2D eigenvalue weighted by molar-refractivity contribution is -0.385. The van der Waals surface area contributed by atoms with E-state index in [1.165, 1.54) is 62.7 Å². The summed E-state index contributed by atoms with van der Waals surface area (Å²) < 4.78 is 10.6. The molecule has 16 heteroatoms. The summed E-state index contributed by atoms with van der Waals surface area (Å²) in [6.07, 6.45) is 0. The maximum absolute atomic E-state index is 11.1. The molecule has 0 aliphatic heterocycles. The van der Waals surface area contributed by atoms with Gasteiger partial charge in [-0.15, -0.1) is 0 Å². The summed E-state index contributed by atoms with van der Waals surface area (Å²) in [7, 11) is 11.4. The highest BCUT2D eigenvalue weighted by atomic mass is 16.6. The third-order valence-electron chi connectivity index (χ3n) is 22.1. The van der Waals surface area contributed by atoms with Crippen molar-refractivity contribution < 1.29 is 19.3 Å². The maximum Gasteiger partial charge on any atom is 0.271 e. The molecule has 0 N–H and O–H groups in total. The Morgan fingerprint density at radius 3 is 0.579 bits per heavy atom. The first kappa shape index (κ1) is 88.1. The normalized spacial score (nSPS) is 10.6. The second-order valence-electron chi connectivity index (χ2n) is 31.3. The van der Waals surface area contributed by atoms with Crippen molar-refractivity contribution in [2.45, 2.75) is 55.4 Å². The van der Waals surface area contributed by atoms with E-state index in [0.717, 1.165) is 125 Å². The van der Waals surface area contributed by atoms with Crippen molar-refractivity contribution in [3.63, 3.8) is 0 Å². The monoisotopic (exact) mass is 1660 g/mol. The van der Waals surface area contributed by atoms with Gasteiger partial charge in [0, 0.05) is 172 Å². The van der Waals surface area contributed by atoms with Crippen molar-refractivity contribution in [2.75, 3.05) is 81.6 Å². The second kappa shape index (κ2) is 41.3. The molecule has 0 radical (unpaired) electrons. The van der Waals surface area contributed by atoms with Crippen LogP contribution in [0.25, 0.3) is 0 Å². The minimum absolute atomic E-state index is 0.0795. The van der Waals surface area contributed by atoms with E-state index >= 15 is 0 Å². The largest absolute Gasteiger partial charge is 0.497 e. The first-order valence-electron chi connectivity index (χ1n) is 41.8. The van der Waals surface area contributed by atoms with E-state index in [1.54, 1.807) is 38.5 Å². The Balaban J connectivity index is 0.000000144. The smallest absolute Gasteiger partial charge is 0.271 e. The number of methoxy groups -OCH3 is 2. The number of hydrogen-bond acceptors (Lipinski definition) is 14. The summed E-state index contributed by atoms with van der Waals surface area (Å²) in [6.45, 7) is 16.8. The van der Waals surface area contributed by atoms with E-state index in [9.17, 15) is 20.2 Å². The highest BCUT2D eigenvalue weighted by molar-refractivity contribution is 5.83. The molecule has 0 aliphatic carbocycles. The number of aryl methyl sites for hydroxylation is 8. The minimum atomic E-state index is -0.386. The Labute approximate surface area is 741 Å². The molecule has 0 aromatic heterocycles. The van der Waals surface area contributed by atoms with Gasteiger partial charge >= 0.3 is 0 Å². The first-order valence-corrected chi connectivity index (χ1v) is 41.8. The summed E-state index contributed by atoms with van der Waals surface area (Å²) in [4.78, 5) is 38.6. The van der Waals surface area contributed by atoms with Crippen LogP contribution >= 0.6 is 0 Å². The third-order valence-corrected chi connectivity index (χ3v) is 22.1. The number of rotatable bonds is 24. The number of benzene rings is 16. The van der Waals surface area contributed by atoms with Gasteiger partial charge < -0.3 is 48.7 Å². The number of nitrogens with zero attached hydrogens (tertiary/aromatic N) is 10. The van der Waals surface area contributed by atoms with Gasteiger partial charge in [0.25, 0.3) is 11.4 Å². The summed E-state index contributed by atoms with van der Waals surface area (Å²) in [6, 6.07) is 132. The molecule has 0 spiro atoms. The zero-order chi connectivity index (χ0) is 88.9. The Hall–Kier alpha value is -15.7. The van der Waals surface area contributed by atoms with Crippen LogP contribution in [0.1, 0.15) is 44.5 Å². The molecular weight excluding hydrogens is 1560 g/mol. The van der Waals surface area contributed by atoms with Crippen LogP contribution in [0.3, 0.4) is 0 Å². The van der Waals surface area contributed by atoms with Gasteiger partial charge in [0.1, 0.15) is 11.5 Å². The molecule has 0 heterocycles. The standard InChI is InChI=1S/2C28H28N2O.2C27H25N3O2/c1-21-5-9-25(10-6-21)30(26-11-7-22(2)8-12-26)27-15-13-23(14-16-27)29(3)24-17-19-28(31-4)20-18-24;1-21-8-12-24(13-9-21)30(25-14-10-22(2)11-15-25)26-18-16-23(17-19-26)29(3)27-6-5-7-28(20-27)31-4;1-20-4-8-24(9-5-20)29(25-10-6-21(2)7-11-25)26-16-12-22(13-17-26)28(3)23-14-18-27(19-15-23)30(31)32;1-20-7-11-23(12-8-20)29(24-13-9-21(2)10-14-24)25-17-15-22(16-18-25)28(3)26-5-4-6-27(19-26)30(31)32/h2*5-20H,1-4H3;2*4-19H,1-3H3. The average Bonchev–Trinajstić information content (AvgIpc) is 0.811. The lowest BCUT2D eigenvalue weighted by atomic mass is 10.1. The zero-order valence-electron chi connectivity index (χ0n) is 73.9. The van der Waals surface area contributed by atoms with Crippen LogP contribution < -0.4 is 48.7 Å². The van der Waals surface area contributed by atoms with Gasteiger partial charge in [-0.1, -0.05) is 154 Å². The fourth-order valence-electron chi connectivity index (χ4n) is 14.5. The molecule has 0 saturated heterocycles. The van der Waals surface area contributed by atoms with Crippen LogP contribution in [0.4, 0.5) is 125 Å². The van der Waals surface area contributed by atoms with Crippen LogP contribution in [-0.4, -0.2) is 52.3 Å². The fourth-order valence-corrected chi connectivity index (χ4v) is 14.5. The predicted octanol–water partition coefficient (Wildman–Crippen LogP) is 30.0. The number of anilines is 20. The Bertz CT molecular complexity index is 6030. The van der Waals surface area contributed by atoms with E-state index in [4.69, 9.17) is 9.47 Å².